The standard InChI is InChI=1S/C7H4N2O2.N2/c8-5-6-1-3-7(4-2-6)9(10)11;1-2/h1-4H;. The second-order valence-corrected chi connectivity index (χ2v) is 1.92. The van der Waals surface area contributed by atoms with Crippen LogP contribution in [0.5, 0.6) is 0 Å². The lowest BCUT2D eigenvalue weighted by atomic mass is 10.2. The molecule has 6 nitrogen and oxygen atoms in total. The van der Waals surface area contributed by atoms with E-state index in [-0.39, 0.29) is 5.69 Å². The fraction of sp³-hybridized carbons (Fsp3) is 0. The van der Waals surface area contributed by atoms with E-state index in [0.717, 1.165) is 0 Å². The van der Waals surface area contributed by atoms with Gasteiger partial charge in [0.15, 0.2) is 0 Å². The molecule has 0 unspecified atom stereocenters. The van der Waals surface area contributed by atoms with Gasteiger partial charge in [0.1, 0.15) is 0 Å². The first-order chi connectivity index (χ1) is 6.24. The van der Waals surface area contributed by atoms with E-state index in [1.165, 1.54) is 24.3 Å². The van der Waals surface area contributed by atoms with Gasteiger partial charge in [0, 0.05) is 22.9 Å². The van der Waals surface area contributed by atoms with Crippen LogP contribution in [0.2, 0.25) is 0 Å². The fourth-order valence-corrected chi connectivity index (χ4v) is 0.658. The molecule has 0 amide bonds. The van der Waals surface area contributed by atoms with E-state index in [0.29, 0.717) is 5.56 Å². The van der Waals surface area contributed by atoms with E-state index in [1.54, 1.807) is 0 Å². The minimum Gasteiger partial charge on any atom is -0.258 e. The summed E-state index contributed by atoms with van der Waals surface area (Å²) >= 11 is 0. The van der Waals surface area contributed by atoms with Crippen LogP contribution in [-0.2, 0) is 0 Å². The zero-order valence-corrected chi connectivity index (χ0v) is 6.41. The summed E-state index contributed by atoms with van der Waals surface area (Å²) < 4.78 is 0. The Hall–Kier alpha value is -2.47. The molecule has 64 valence electrons. The van der Waals surface area contributed by atoms with Crippen LogP contribution < -0.4 is 0 Å². The molecule has 13 heavy (non-hydrogen) atoms. The topological polar surface area (TPSA) is 115 Å². The van der Waals surface area contributed by atoms with E-state index in [4.69, 9.17) is 16.0 Å². The van der Waals surface area contributed by atoms with Gasteiger partial charge in [0.25, 0.3) is 5.69 Å². The van der Waals surface area contributed by atoms with Gasteiger partial charge in [0.05, 0.1) is 16.6 Å². The lowest BCUT2D eigenvalue weighted by Gasteiger charge is -1.88. The third-order valence-electron chi connectivity index (χ3n) is 1.21. The quantitative estimate of drug-likeness (QED) is 0.365. The summed E-state index contributed by atoms with van der Waals surface area (Å²) in [6.07, 6.45) is 0. The molecule has 0 aliphatic carbocycles. The highest BCUT2D eigenvalue weighted by Gasteiger charge is 2.02. The number of hydrogen-bond acceptors (Lipinski definition) is 5. The molecule has 0 aromatic heterocycles. The molecule has 1 aromatic carbocycles. The van der Waals surface area contributed by atoms with Gasteiger partial charge in [-0.15, -0.1) is 0 Å². The van der Waals surface area contributed by atoms with Crippen molar-refractivity contribution in [3.63, 3.8) is 0 Å². The highest BCUT2D eigenvalue weighted by molar-refractivity contribution is 5.38. The first-order valence-electron chi connectivity index (χ1n) is 3.08. The van der Waals surface area contributed by atoms with Gasteiger partial charge in [0.2, 0.25) is 0 Å². The van der Waals surface area contributed by atoms with Crippen molar-refractivity contribution in [2.75, 3.05) is 0 Å². The van der Waals surface area contributed by atoms with Crippen molar-refractivity contribution in [3.8, 4) is 6.07 Å². The Kier molecular flexibility index (Phi) is 4.22. The van der Waals surface area contributed by atoms with Crippen molar-refractivity contribution in [2.45, 2.75) is 0 Å². The van der Waals surface area contributed by atoms with Crippen molar-refractivity contribution in [1.29, 1.82) is 16.0 Å². The molecule has 1 rings (SSSR count). The maximum atomic E-state index is 10.1. The molecule has 0 bridgehead atoms. The van der Waals surface area contributed by atoms with Gasteiger partial charge in [-0.1, -0.05) is 0 Å². The van der Waals surface area contributed by atoms with Gasteiger partial charge in [-0.25, -0.2) is 0 Å². The molecule has 0 atom stereocenters. The van der Waals surface area contributed by atoms with E-state index in [2.05, 4.69) is 0 Å². The van der Waals surface area contributed by atoms with E-state index in [9.17, 15) is 10.1 Å². The molecular weight excluding hydrogens is 172 g/mol. The Morgan fingerprint density at radius 2 is 1.69 bits per heavy atom. The number of benzene rings is 1. The Morgan fingerprint density at radius 1 is 1.23 bits per heavy atom. The third kappa shape index (κ3) is 2.95. The van der Waals surface area contributed by atoms with E-state index in [1.807, 2.05) is 6.07 Å². The third-order valence-corrected chi connectivity index (χ3v) is 1.21. The summed E-state index contributed by atoms with van der Waals surface area (Å²) in [5.74, 6) is 0. The lowest BCUT2D eigenvalue weighted by Crippen LogP contribution is -1.86. The Morgan fingerprint density at radius 3 is 2.00 bits per heavy atom. The molecule has 1 aromatic rings. The van der Waals surface area contributed by atoms with Gasteiger partial charge < -0.3 is 0 Å². The van der Waals surface area contributed by atoms with E-state index >= 15 is 0 Å². The average molecular weight is 176 g/mol. The SMILES string of the molecule is N#Cc1ccc([N+](=O)[O-])cc1.N#N. The molecule has 0 saturated heterocycles. The largest absolute Gasteiger partial charge is 0.269 e. The number of nitro groups is 1. The monoisotopic (exact) mass is 176 g/mol. The molecule has 0 saturated carbocycles. The number of non-ortho nitro benzene ring substituents is 1. The van der Waals surface area contributed by atoms with Crippen molar-refractivity contribution >= 4 is 5.69 Å². The lowest BCUT2D eigenvalue weighted by molar-refractivity contribution is -0.384. The van der Waals surface area contributed by atoms with Crippen LogP contribution in [0, 0.1) is 32.2 Å². The second-order valence-electron chi connectivity index (χ2n) is 1.92. The van der Waals surface area contributed by atoms with Crippen molar-refractivity contribution in [2.24, 2.45) is 0 Å². The van der Waals surface area contributed by atoms with Crippen LogP contribution in [-0.4, -0.2) is 4.92 Å². The Bertz CT molecular complexity index is 349. The fourth-order valence-electron chi connectivity index (χ4n) is 0.658. The summed E-state index contributed by atoms with van der Waals surface area (Å²) in [6, 6.07) is 7.31. The molecule has 0 N–H and O–H groups in total. The first kappa shape index (κ1) is 10.5. The number of hydrogen-bond donors (Lipinski definition) is 0. The number of nitrogens with zero attached hydrogens (tertiary/aromatic N) is 4. The molecule has 0 fully saturated rings. The van der Waals surface area contributed by atoms with Gasteiger partial charge in [-0.3, -0.25) is 10.1 Å². The highest BCUT2D eigenvalue weighted by Crippen LogP contribution is 2.10. The smallest absolute Gasteiger partial charge is 0.258 e. The van der Waals surface area contributed by atoms with Gasteiger partial charge in [-0.05, 0) is 12.1 Å². The summed E-state index contributed by atoms with van der Waals surface area (Å²) in [6.45, 7) is 0. The molecule has 0 heterocycles. The van der Waals surface area contributed by atoms with Crippen LogP contribution >= 0.6 is 0 Å². The second kappa shape index (κ2) is 5.22. The van der Waals surface area contributed by atoms with Crippen LogP contribution in [0.3, 0.4) is 0 Å². The van der Waals surface area contributed by atoms with Crippen molar-refractivity contribution in [3.05, 3.63) is 39.9 Å². The summed E-state index contributed by atoms with van der Waals surface area (Å²) in [5, 5.41) is 30.5. The minimum atomic E-state index is -0.499. The summed E-state index contributed by atoms with van der Waals surface area (Å²) in [5.41, 5.74) is 0.430. The van der Waals surface area contributed by atoms with Crippen LogP contribution in [0.4, 0.5) is 5.69 Å². The maximum Gasteiger partial charge on any atom is 0.269 e. The molecule has 0 spiro atoms. The highest BCUT2D eigenvalue weighted by atomic mass is 16.6. The normalized spacial score (nSPS) is 7.46. The van der Waals surface area contributed by atoms with Crippen molar-refractivity contribution in [1.82, 2.24) is 0 Å². The van der Waals surface area contributed by atoms with Crippen LogP contribution in [0.15, 0.2) is 24.3 Å². The minimum absolute atomic E-state index is 0.00370. The summed E-state index contributed by atoms with van der Waals surface area (Å²) in [7, 11) is 0. The zero-order valence-electron chi connectivity index (χ0n) is 6.41. The first-order valence-corrected chi connectivity index (χ1v) is 3.08. The molecule has 0 aliphatic rings. The predicted octanol–water partition coefficient (Wildman–Crippen LogP) is 1.50. The zero-order chi connectivity index (χ0) is 10.3. The van der Waals surface area contributed by atoms with Crippen LogP contribution in [0.1, 0.15) is 5.56 Å². The molecule has 0 radical (unpaired) electrons. The predicted molar refractivity (Wildman–Crippen MR) is 41.3 cm³/mol. The number of nitriles is 1. The average Bonchev–Trinajstić information content (AvgIpc) is 2.21. The Labute approximate surface area is 73.6 Å². The van der Waals surface area contributed by atoms with E-state index < -0.39 is 4.92 Å². The van der Waals surface area contributed by atoms with Crippen molar-refractivity contribution < 1.29 is 4.92 Å². The molecule has 6 heteroatoms. The Balaban J connectivity index is 0.000000671. The molecule has 0 aliphatic heterocycles. The maximum absolute atomic E-state index is 10.1. The number of rotatable bonds is 1. The summed E-state index contributed by atoms with van der Waals surface area (Å²) in [4.78, 5) is 9.62. The van der Waals surface area contributed by atoms with Gasteiger partial charge >= 0.3 is 0 Å². The molecular formula is C7H4N4O2. The number of nitro benzene ring substituents is 1. The van der Waals surface area contributed by atoms with Gasteiger partial charge in [-0.2, -0.15) is 5.26 Å². The van der Waals surface area contributed by atoms with Crippen LogP contribution in [0.25, 0.3) is 0 Å².